The van der Waals surface area contributed by atoms with Crippen molar-refractivity contribution in [1.82, 2.24) is 9.97 Å². The number of pyridine rings is 2. The third kappa shape index (κ3) is 2.07. The van der Waals surface area contributed by atoms with Gasteiger partial charge < -0.3 is 4.74 Å². The zero-order chi connectivity index (χ0) is 10.7. The maximum atomic E-state index is 5.76. The number of hydrogen-bond donors (Lipinski definition) is 0. The molecule has 0 aliphatic heterocycles. The minimum atomic E-state index is 0.562. The molecule has 0 spiro atoms. The van der Waals surface area contributed by atoms with E-state index in [1.165, 1.54) is 0 Å². The number of ether oxygens (including phenoxy) is 1. The van der Waals surface area contributed by atoms with Crippen molar-refractivity contribution in [3.8, 4) is 17.1 Å². The summed E-state index contributed by atoms with van der Waals surface area (Å²) < 4.78 is 5.15. The monoisotopic (exact) mass is 220 g/mol. The van der Waals surface area contributed by atoms with Crippen LogP contribution in [0.5, 0.6) is 5.88 Å². The second-order valence-electron chi connectivity index (χ2n) is 2.92. The Labute approximate surface area is 92.7 Å². The van der Waals surface area contributed by atoms with Gasteiger partial charge in [-0.25, -0.2) is 4.98 Å². The van der Waals surface area contributed by atoms with Gasteiger partial charge in [-0.3, -0.25) is 4.98 Å². The van der Waals surface area contributed by atoms with Crippen LogP contribution in [0.25, 0.3) is 11.3 Å². The van der Waals surface area contributed by atoms with E-state index in [-0.39, 0.29) is 0 Å². The zero-order valence-corrected chi connectivity index (χ0v) is 8.90. The third-order valence-corrected chi connectivity index (χ3v) is 2.19. The average molecular weight is 221 g/mol. The molecule has 0 N–H and O–H groups in total. The minimum absolute atomic E-state index is 0.562. The van der Waals surface area contributed by atoms with Crippen LogP contribution < -0.4 is 4.74 Å². The molecule has 0 aliphatic carbocycles. The molecule has 0 fully saturated rings. The lowest BCUT2D eigenvalue weighted by Crippen LogP contribution is -1.92. The number of halogens is 1. The smallest absolute Gasteiger partial charge is 0.222 e. The lowest BCUT2D eigenvalue weighted by atomic mass is 10.2. The van der Waals surface area contributed by atoms with Gasteiger partial charge in [-0.1, -0.05) is 11.6 Å². The molecule has 2 aromatic heterocycles. The molecule has 2 heterocycles. The molecule has 2 rings (SSSR count). The van der Waals surface area contributed by atoms with Gasteiger partial charge in [0.1, 0.15) is 0 Å². The van der Waals surface area contributed by atoms with Crippen LogP contribution >= 0.6 is 11.6 Å². The first-order chi connectivity index (χ1) is 7.31. The van der Waals surface area contributed by atoms with Gasteiger partial charge in [-0.2, -0.15) is 0 Å². The first-order valence-electron chi connectivity index (χ1n) is 4.42. The molecule has 0 saturated carbocycles. The summed E-state index contributed by atoms with van der Waals surface area (Å²) in [4.78, 5) is 8.31. The molecular formula is C11H9ClN2O. The highest BCUT2D eigenvalue weighted by atomic mass is 35.5. The van der Waals surface area contributed by atoms with Gasteiger partial charge in [0.05, 0.1) is 23.4 Å². The van der Waals surface area contributed by atoms with Crippen molar-refractivity contribution < 1.29 is 4.74 Å². The molecule has 4 heteroatoms. The van der Waals surface area contributed by atoms with Crippen LogP contribution in [0.1, 0.15) is 0 Å². The number of aromatic nitrogens is 2. The highest BCUT2D eigenvalue weighted by Crippen LogP contribution is 2.26. The highest BCUT2D eigenvalue weighted by Gasteiger charge is 2.06. The van der Waals surface area contributed by atoms with Gasteiger partial charge >= 0.3 is 0 Å². The largest absolute Gasteiger partial charge is 0.481 e. The van der Waals surface area contributed by atoms with Gasteiger partial charge in [-0.15, -0.1) is 0 Å². The van der Waals surface area contributed by atoms with E-state index >= 15 is 0 Å². The summed E-state index contributed by atoms with van der Waals surface area (Å²) >= 11 is 5.76. The number of methoxy groups -OCH3 is 1. The van der Waals surface area contributed by atoms with Gasteiger partial charge in [0, 0.05) is 12.4 Å². The van der Waals surface area contributed by atoms with E-state index in [4.69, 9.17) is 16.3 Å². The van der Waals surface area contributed by atoms with Crippen LogP contribution in [0.2, 0.25) is 5.02 Å². The van der Waals surface area contributed by atoms with Crippen LogP contribution in [0, 0.1) is 0 Å². The molecule has 0 unspecified atom stereocenters. The molecule has 0 amide bonds. The predicted molar refractivity (Wildman–Crippen MR) is 59.0 cm³/mol. The van der Waals surface area contributed by atoms with Gasteiger partial charge in [0.25, 0.3) is 0 Å². The maximum Gasteiger partial charge on any atom is 0.222 e. The van der Waals surface area contributed by atoms with E-state index in [1.807, 2.05) is 18.2 Å². The van der Waals surface area contributed by atoms with Gasteiger partial charge in [0.2, 0.25) is 5.88 Å². The predicted octanol–water partition coefficient (Wildman–Crippen LogP) is 2.81. The van der Waals surface area contributed by atoms with E-state index in [1.54, 1.807) is 25.6 Å². The van der Waals surface area contributed by atoms with Crippen molar-refractivity contribution in [3.63, 3.8) is 0 Å². The Balaban J connectivity index is 2.49. The molecule has 0 atom stereocenters. The topological polar surface area (TPSA) is 35.0 Å². The number of rotatable bonds is 2. The molecule has 0 saturated heterocycles. The van der Waals surface area contributed by atoms with Crippen LogP contribution in [-0.4, -0.2) is 17.1 Å². The Hall–Kier alpha value is -1.61. The third-order valence-electron chi connectivity index (χ3n) is 1.97. The van der Waals surface area contributed by atoms with Crippen LogP contribution in [0.15, 0.2) is 36.7 Å². The summed E-state index contributed by atoms with van der Waals surface area (Å²) in [6.07, 6.45) is 3.28. The van der Waals surface area contributed by atoms with E-state index < -0.39 is 0 Å². The molecule has 15 heavy (non-hydrogen) atoms. The Kier molecular flexibility index (Phi) is 2.83. The zero-order valence-electron chi connectivity index (χ0n) is 8.14. The Morgan fingerprint density at radius 3 is 2.73 bits per heavy atom. The van der Waals surface area contributed by atoms with E-state index in [2.05, 4.69) is 9.97 Å². The fraction of sp³-hybridized carbons (Fsp3) is 0.0909. The molecule has 3 nitrogen and oxygen atoms in total. The molecule has 0 radical (unpaired) electrons. The minimum Gasteiger partial charge on any atom is -0.481 e. The lowest BCUT2D eigenvalue weighted by molar-refractivity contribution is 0.399. The Morgan fingerprint density at radius 2 is 2.07 bits per heavy atom. The van der Waals surface area contributed by atoms with Crippen molar-refractivity contribution in [2.75, 3.05) is 7.11 Å². The maximum absolute atomic E-state index is 5.76. The van der Waals surface area contributed by atoms with Crippen molar-refractivity contribution >= 4 is 11.6 Å². The summed E-state index contributed by atoms with van der Waals surface area (Å²) in [5.41, 5.74) is 1.65. The van der Waals surface area contributed by atoms with Gasteiger partial charge in [-0.05, 0) is 24.3 Å². The molecule has 0 aromatic carbocycles. The van der Waals surface area contributed by atoms with Gasteiger partial charge in [0.15, 0.2) is 0 Å². The van der Waals surface area contributed by atoms with Crippen molar-refractivity contribution in [1.29, 1.82) is 0 Å². The first kappa shape index (κ1) is 9.93. The summed E-state index contributed by atoms with van der Waals surface area (Å²) in [6, 6.07) is 7.37. The Bertz CT molecular complexity index is 456. The quantitative estimate of drug-likeness (QED) is 0.781. The second kappa shape index (κ2) is 4.28. The van der Waals surface area contributed by atoms with Crippen molar-refractivity contribution in [2.45, 2.75) is 0 Å². The van der Waals surface area contributed by atoms with Crippen molar-refractivity contribution in [2.24, 2.45) is 0 Å². The van der Waals surface area contributed by atoms with E-state index in [0.29, 0.717) is 10.9 Å². The lowest BCUT2D eigenvalue weighted by Gasteiger charge is -2.05. The highest BCUT2D eigenvalue weighted by molar-refractivity contribution is 6.30. The fourth-order valence-electron chi connectivity index (χ4n) is 1.28. The van der Waals surface area contributed by atoms with Crippen LogP contribution in [0.3, 0.4) is 0 Å². The molecular weight excluding hydrogens is 212 g/mol. The summed E-state index contributed by atoms with van der Waals surface area (Å²) in [5.74, 6) is 0.562. The summed E-state index contributed by atoms with van der Waals surface area (Å²) in [5, 5.41) is 0.613. The molecule has 2 aromatic rings. The summed E-state index contributed by atoms with van der Waals surface area (Å²) in [6.45, 7) is 0. The first-order valence-corrected chi connectivity index (χ1v) is 4.80. The Morgan fingerprint density at radius 1 is 1.20 bits per heavy atom. The number of hydrogen-bond acceptors (Lipinski definition) is 3. The standard InChI is InChI=1S/C11H9ClN2O/c1-15-11-9(3-2-6-13-11)10-5-4-8(12)7-14-10/h2-7H,1H3. The molecule has 0 aliphatic rings. The second-order valence-corrected chi connectivity index (χ2v) is 3.36. The normalized spacial score (nSPS) is 10.0. The molecule has 0 bridgehead atoms. The summed E-state index contributed by atoms with van der Waals surface area (Å²) in [7, 11) is 1.59. The van der Waals surface area contributed by atoms with Crippen LogP contribution in [-0.2, 0) is 0 Å². The number of nitrogens with zero attached hydrogens (tertiary/aromatic N) is 2. The van der Waals surface area contributed by atoms with Crippen LogP contribution in [0.4, 0.5) is 0 Å². The van der Waals surface area contributed by atoms with E-state index in [9.17, 15) is 0 Å². The van der Waals surface area contributed by atoms with E-state index in [0.717, 1.165) is 11.3 Å². The SMILES string of the molecule is COc1ncccc1-c1ccc(Cl)cn1. The average Bonchev–Trinajstić information content (AvgIpc) is 2.30. The fourth-order valence-corrected chi connectivity index (χ4v) is 1.40. The van der Waals surface area contributed by atoms with Crippen molar-refractivity contribution in [3.05, 3.63) is 41.7 Å². The molecule has 76 valence electrons.